The molecule has 0 aromatic heterocycles. The van der Waals surface area contributed by atoms with Crippen LogP contribution in [-0.4, -0.2) is 29.9 Å². The van der Waals surface area contributed by atoms with Crippen LogP contribution in [0.2, 0.25) is 0 Å². The van der Waals surface area contributed by atoms with Gasteiger partial charge in [-0.05, 0) is 56.5 Å². The highest BCUT2D eigenvalue weighted by Gasteiger charge is 2.57. The molecule has 0 aliphatic heterocycles. The van der Waals surface area contributed by atoms with E-state index in [1.807, 2.05) is 56.3 Å². The number of rotatable bonds is 8. The van der Waals surface area contributed by atoms with Crippen LogP contribution in [0.4, 0.5) is 5.69 Å². The molecule has 0 spiro atoms. The molecule has 1 fully saturated rings. The Kier molecular flexibility index (Phi) is 5.79. The second kappa shape index (κ2) is 8.25. The first-order valence-corrected chi connectivity index (χ1v) is 9.46. The smallest absolute Gasteiger partial charge is 0.240 e. The Bertz CT molecular complexity index is 783. The van der Waals surface area contributed by atoms with E-state index >= 15 is 0 Å². The van der Waals surface area contributed by atoms with Crippen molar-refractivity contribution in [1.82, 2.24) is 4.90 Å². The van der Waals surface area contributed by atoms with Crippen molar-refractivity contribution < 1.29 is 14.3 Å². The van der Waals surface area contributed by atoms with Crippen molar-refractivity contribution in [3.8, 4) is 5.75 Å². The van der Waals surface area contributed by atoms with Gasteiger partial charge in [-0.2, -0.15) is 0 Å². The molecule has 0 heterocycles. The highest BCUT2D eigenvalue weighted by molar-refractivity contribution is 6.13. The summed E-state index contributed by atoms with van der Waals surface area (Å²) in [5, 5.41) is 2.90. The van der Waals surface area contributed by atoms with Crippen LogP contribution in [0.1, 0.15) is 32.3 Å². The van der Waals surface area contributed by atoms with Gasteiger partial charge in [-0.25, -0.2) is 0 Å². The first-order chi connectivity index (χ1) is 13.1. The van der Waals surface area contributed by atoms with Crippen LogP contribution in [-0.2, 0) is 16.1 Å². The van der Waals surface area contributed by atoms with Gasteiger partial charge in [0.1, 0.15) is 11.2 Å². The van der Waals surface area contributed by atoms with Crippen molar-refractivity contribution in [3.63, 3.8) is 0 Å². The maximum absolute atomic E-state index is 13.1. The number of amides is 2. The molecule has 0 saturated heterocycles. The van der Waals surface area contributed by atoms with Crippen molar-refractivity contribution >= 4 is 17.5 Å². The van der Waals surface area contributed by atoms with Crippen molar-refractivity contribution in [2.75, 3.05) is 18.5 Å². The average molecular weight is 366 g/mol. The number of nitrogens with zero attached hydrogens (tertiary/aromatic N) is 1. The topological polar surface area (TPSA) is 58.6 Å². The largest absolute Gasteiger partial charge is 0.494 e. The lowest BCUT2D eigenvalue weighted by molar-refractivity contribution is -0.142. The molecule has 0 atom stereocenters. The molecular weight excluding hydrogens is 340 g/mol. The lowest BCUT2D eigenvalue weighted by Gasteiger charge is -2.26. The van der Waals surface area contributed by atoms with Gasteiger partial charge in [0.2, 0.25) is 11.8 Å². The molecule has 2 aromatic rings. The molecule has 1 N–H and O–H groups in total. The van der Waals surface area contributed by atoms with Crippen LogP contribution in [0.5, 0.6) is 5.75 Å². The molecule has 0 radical (unpaired) electrons. The third kappa shape index (κ3) is 4.30. The van der Waals surface area contributed by atoms with Crippen LogP contribution < -0.4 is 10.1 Å². The minimum absolute atomic E-state index is 0.0858. The van der Waals surface area contributed by atoms with Gasteiger partial charge in [0.25, 0.3) is 0 Å². The van der Waals surface area contributed by atoms with E-state index in [0.29, 0.717) is 38.2 Å². The molecular formula is C22H26N2O3. The van der Waals surface area contributed by atoms with Crippen molar-refractivity contribution in [1.29, 1.82) is 0 Å². The van der Waals surface area contributed by atoms with E-state index in [4.69, 9.17) is 4.74 Å². The standard InChI is InChI=1S/C22H26N2O3/c1-3-24(16-17-8-6-5-7-9-17)21(26)22(14-15-22)20(25)23-18-10-12-19(13-11-18)27-4-2/h5-13H,3-4,14-16H2,1-2H3,(H,23,25). The number of benzene rings is 2. The highest BCUT2D eigenvalue weighted by atomic mass is 16.5. The van der Waals surface area contributed by atoms with E-state index in [0.717, 1.165) is 11.3 Å². The quantitative estimate of drug-likeness (QED) is 0.722. The highest BCUT2D eigenvalue weighted by Crippen LogP contribution is 2.48. The number of nitrogens with one attached hydrogen (secondary N) is 1. The molecule has 27 heavy (non-hydrogen) atoms. The minimum atomic E-state index is -0.927. The summed E-state index contributed by atoms with van der Waals surface area (Å²) in [4.78, 5) is 27.7. The summed E-state index contributed by atoms with van der Waals surface area (Å²) in [5.41, 5.74) is 0.813. The Hall–Kier alpha value is -2.82. The van der Waals surface area contributed by atoms with E-state index in [-0.39, 0.29) is 11.8 Å². The minimum Gasteiger partial charge on any atom is -0.494 e. The normalized spacial score (nSPS) is 14.3. The van der Waals surface area contributed by atoms with Crippen LogP contribution in [0.3, 0.4) is 0 Å². The van der Waals surface area contributed by atoms with Crippen molar-refractivity contribution in [2.24, 2.45) is 5.41 Å². The Morgan fingerprint density at radius 3 is 2.26 bits per heavy atom. The number of carbonyl (C=O) groups excluding carboxylic acids is 2. The molecule has 3 rings (SSSR count). The number of ether oxygens (including phenoxy) is 1. The summed E-state index contributed by atoms with van der Waals surface area (Å²) in [6, 6.07) is 17.1. The van der Waals surface area contributed by atoms with E-state index in [2.05, 4.69) is 5.32 Å². The molecule has 0 bridgehead atoms. The van der Waals surface area contributed by atoms with Crippen molar-refractivity contribution in [2.45, 2.75) is 33.2 Å². The SMILES string of the molecule is CCOc1ccc(NC(=O)C2(C(=O)N(CC)Cc3ccccc3)CC2)cc1. The predicted molar refractivity (Wildman–Crippen MR) is 105 cm³/mol. The first kappa shape index (κ1) is 19.0. The summed E-state index contributed by atoms with van der Waals surface area (Å²) in [7, 11) is 0. The van der Waals surface area contributed by atoms with E-state index < -0.39 is 5.41 Å². The lowest BCUT2D eigenvalue weighted by atomic mass is 10.0. The summed E-state index contributed by atoms with van der Waals surface area (Å²) in [6.45, 7) is 5.56. The average Bonchev–Trinajstić information content (AvgIpc) is 3.50. The Balaban J connectivity index is 1.67. The van der Waals surface area contributed by atoms with Crippen LogP contribution >= 0.6 is 0 Å². The van der Waals surface area contributed by atoms with Gasteiger partial charge >= 0.3 is 0 Å². The molecule has 5 heteroatoms. The van der Waals surface area contributed by atoms with E-state index in [1.54, 1.807) is 17.0 Å². The number of anilines is 1. The van der Waals surface area contributed by atoms with Gasteiger partial charge in [0.15, 0.2) is 0 Å². The molecule has 1 aliphatic rings. The van der Waals surface area contributed by atoms with E-state index in [1.165, 1.54) is 0 Å². The van der Waals surface area contributed by atoms with Gasteiger partial charge < -0.3 is 15.0 Å². The second-order valence-electron chi connectivity index (χ2n) is 6.80. The number of hydrogen-bond acceptors (Lipinski definition) is 3. The third-order valence-electron chi connectivity index (χ3n) is 4.90. The Morgan fingerprint density at radius 1 is 1.04 bits per heavy atom. The van der Waals surface area contributed by atoms with Gasteiger partial charge in [0, 0.05) is 18.8 Å². The van der Waals surface area contributed by atoms with Gasteiger partial charge in [-0.15, -0.1) is 0 Å². The molecule has 1 saturated carbocycles. The second-order valence-corrected chi connectivity index (χ2v) is 6.80. The molecule has 2 amide bonds. The molecule has 2 aromatic carbocycles. The summed E-state index contributed by atoms with van der Waals surface area (Å²) in [5.74, 6) is 0.452. The van der Waals surface area contributed by atoms with Crippen LogP contribution in [0.15, 0.2) is 54.6 Å². The van der Waals surface area contributed by atoms with Gasteiger partial charge in [0.05, 0.1) is 6.61 Å². The summed E-state index contributed by atoms with van der Waals surface area (Å²) >= 11 is 0. The monoisotopic (exact) mass is 366 g/mol. The molecule has 142 valence electrons. The zero-order valence-electron chi connectivity index (χ0n) is 15.9. The van der Waals surface area contributed by atoms with E-state index in [9.17, 15) is 9.59 Å². The third-order valence-corrected chi connectivity index (χ3v) is 4.90. The fraction of sp³-hybridized carbons (Fsp3) is 0.364. The number of carbonyl (C=O) groups is 2. The Labute approximate surface area is 160 Å². The zero-order chi connectivity index (χ0) is 19.3. The number of hydrogen-bond donors (Lipinski definition) is 1. The predicted octanol–water partition coefficient (Wildman–Crippen LogP) is 3.85. The maximum atomic E-state index is 13.1. The van der Waals surface area contributed by atoms with Crippen LogP contribution in [0, 0.1) is 5.41 Å². The van der Waals surface area contributed by atoms with Gasteiger partial charge in [-0.3, -0.25) is 9.59 Å². The first-order valence-electron chi connectivity index (χ1n) is 9.46. The molecule has 1 aliphatic carbocycles. The fourth-order valence-corrected chi connectivity index (χ4v) is 3.15. The summed E-state index contributed by atoms with van der Waals surface area (Å²) in [6.07, 6.45) is 1.19. The maximum Gasteiger partial charge on any atom is 0.240 e. The molecule has 5 nitrogen and oxygen atoms in total. The fourth-order valence-electron chi connectivity index (χ4n) is 3.15. The summed E-state index contributed by atoms with van der Waals surface area (Å²) < 4.78 is 5.41. The van der Waals surface area contributed by atoms with Crippen LogP contribution in [0.25, 0.3) is 0 Å². The van der Waals surface area contributed by atoms with Crippen molar-refractivity contribution in [3.05, 3.63) is 60.2 Å². The Morgan fingerprint density at radius 2 is 1.70 bits per heavy atom. The molecule has 0 unspecified atom stereocenters. The zero-order valence-corrected chi connectivity index (χ0v) is 15.9. The van der Waals surface area contributed by atoms with Gasteiger partial charge in [-0.1, -0.05) is 30.3 Å². The lowest BCUT2D eigenvalue weighted by Crippen LogP contribution is -2.42.